The van der Waals surface area contributed by atoms with Gasteiger partial charge in [-0.15, -0.1) is 11.3 Å². The lowest BCUT2D eigenvalue weighted by molar-refractivity contribution is 0.0929. The fourth-order valence-electron chi connectivity index (χ4n) is 2.65. The number of carbonyl (C=O) groups excluding carboxylic acids is 3. The first-order chi connectivity index (χ1) is 15.2. The SMILES string of the molecule is NS(=O)(=O)c1ccc(C(=O)Nc2ccc(C(=O)NCCNC(=O)c3cccs3)cc2)cc1. The Morgan fingerprint density at radius 3 is 1.91 bits per heavy atom. The fraction of sp³-hybridized carbons (Fsp3) is 0.0952. The van der Waals surface area contributed by atoms with Crippen molar-refractivity contribution in [1.82, 2.24) is 10.6 Å². The number of benzene rings is 2. The summed E-state index contributed by atoms with van der Waals surface area (Å²) < 4.78 is 22.6. The van der Waals surface area contributed by atoms with E-state index in [0.29, 0.717) is 22.7 Å². The molecular formula is C21H20N4O5S2. The van der Waals surface area contributed by atoms with Gasteiger partial charge in [0.25, 0.3) is 17.7 Å². The maximum Gasteiger partial charge on any atom is 0.261 e. The van der Waals surface area contributed by atoms with Crippen LogP contribution in [0.3, 0.4) is 0 Å². The summed E-state index contributed by atoms with van der Waals surface area (Å²) in [5.74, 6) is -0.940. The van der Waals surface area contributed by atoms with Gasteiger partial charge in [-0.2, -0.15) is 0 Å². The molecule has 1 heterocycles. The zero-order valence-electron chi connectivity index (χ0n) is 16.7. The summed E-state index contributed by atoms with van der Waals surface area (Å²) in [7, 11) is -3.83. The number of hydrogen-bond donors (Lipinski definition) is 4. The summed E-state index contributed by atoms with van der Waals surface area (Å²) in [5, 5.41) is 14.9. The maximum atomic E-state index is 12.3. The molecule has 0 aliphatic heterocycles. The van der Waals surface area contributed by atoms with Crippen molar-refractivity contribution in [2.24, 2.45) is 5.14 Å². The molecular weight excluding hydrogens is 452 g/mol. The van der Waals surface area contributed by atoms with E-state index >= 15 is 0 Å². The summed E-state index contributed by atoms with van der Waals surface area (Å²) in [4.78, 5) is 36.9. The average molecular weight is 473 g/mol. The third-order valence-corrected chi connectivity index (χ3v) is 6.09. The predicted octanol–water partition coefficient (Wildman–Crippen LogP) is 1.81. The molecule has 32 heavy (non-hydrogen) atoms. The van der Waals surface area contributed by atoms with E-state index in [1.165, 1.54) is 35.6 Å². The largest absolute Gasteiger partial charge is 0.350 e. The predicted molar refractivity (Wildman–Crippen MR) is 121 cm³/mol. The zero-order valence-corrected chi connectivity index (χ0v) is 18.3. The van der Waals surface area contributed by atoms with Crippen LogP contribution < -0.4 is 21.1 Å². The summed E-state index contributed by atoms with van der Waals surface area (Å²) in [6.07, 6.45) is 0. The first-order valence-corrected chi connectivity index (χ1v) is 11.8. The minimum atomic E-state index is -3.83. The quantitative estimate of drug-likeness (QED) is 0.369. The van der Waals surface area contributed by atoms with Crippen molar-refractivity contribution in [3.05, 3.63) is 82.0 Å². The lowest BCUT2D eigenvalue weighted by Gasteiger charge is -2.08. The third kappa shape index (κ3) is 6.23. The minimum Gasteiger partial charge on any atom is -0.350 e. The second-order valence-corrected chi connectivity index (χ2v) is 9.10. The third-order valence-electron chi connectivity index (χ3n) is 4.29. The van der Waals surface area contributed by atoms with E-state index in [1.807, 2.05) is 5.38 Å². The van der Waals surface area contributed by atoms with Gasteiger partial charge in [0.1, 0.15) is 0 Å². The molecule has 3 aromatic rings. The van der Waals surface area contributed by atoms with Crippen LogP contribution >= 0.6 is 11.3 Å². The lowest BCUT2D eigenvalue weighted by atomic mass is 10.1. The maximum absolute atomic E-state index is 12.3. The molecule has 0 saturated heterocycles. The molecule has 2 aromatic carbocycles. The Balaban J connectivity index is 1.48. The summed E-state index contributed by atoms with van der Waals surface area (Å²) >= 11 is 1.34. The molecule has 0 spiro atoms. The highest BCUT2D eigenvalue weighted by atomic mass is 32.2. The highest BCUT2D eigenvalue weighted by molar-refractivity contribution is 7.89. The van der Waals surface area contributed by atoms with Crippen LogP contribution in [-0.4, -0.2) is 39.2 Å². The van der Waals surface area contributed by atoms with Gasteiger partial charge < -0.3 is 16.0 Å². The van der Waals surface area contributed by atoms with E-state index in [4.69, 9.17) is 5.14 Å². The molecule has 0 saturated carbocycles. The first kappa shape index (κ1) is 23.1. The van der Waals surface area contributed by atoms with E-state index in [1.54, 1.807) is 36.4 Å². The van der Waals surface area contributed by atoms with Crippen molar-refractivity contribution in [3.63, 3.8) is 0 Å². The Bertz CT molecular complexity index is 1210. The molecule has 0 aliphatic rings. The van der Waals surface area contributed by atoms with Crippen LogP contribution in [0.2, 0.25) is 0 Å². The molecule has 11 heteroatoms. The van der Waals surface area contributed by atoms with Crippen molar-refractivity contribution >= 4 is 44.8 Å². The van der Waals surface area contributed by atoms with Crippen molar-refractivity contribution in [3.8, 4) is 0 Å². The Kier molecular flexibility index (Phi) is 7.36. The molecule has 0 aliphatic carbocycles. The number of rotatable bonds is 8. The molecule has 0 radical (unpaired) electrons. The van der Waals surface area contributed by atoms with Crippen LogP contribution in [0.25, 0.3) is 0 Å². The van der Waals surface area contributed by atoms with Crippen molar-refractivity contribution in [1.29, 1.82) is 0 Å². The van der Waals surface area contributed by atoms with Gasteiger partial charge in [-0.1, -0.05) is 6.07 Å². The number of amides is 3. The van der Waals surface area contributed by atoms with Crippen molar-refractivity contribution < 1.29 is 22.8 Å². The molecule has 1 aromatic heterocycles. The van der Waals surface area contributed by atoms with Crippen LogP contribution in [0.1, 0.15) is 30.4 Å². The van der Waals surface area contributed by atoms with Crippen LogP contribution in [0.4, 0.5) is 5.69 Å². The van der Waals surface area contributed by atoms with Crippen LogP contribution in [0.5, 0.6) is 0 Å². The van der Waals surface area contributed by atoms with E-state index < -0.39 is 15.9 Å². The number of nitrogens with two attached hydrogens (primary N) is 1. The Morgan fingerprint density at radius 2 is 1.34 bits per heavy atom. The molecule has 9 nitrogen and oxygen atoms in total. The standard InChI is InChI=1S/C21H20N4O5S2/c22-32(29,30)17-9-5-15(6-10-17)20(27)25-16-7-3-14(4-8-16)19(26)23-11-12-24-21(28)18-2-1-13-31-18/h1-10,13H,11-12H2,(H,23,26)(H,24,28)(H,25,27)(H2,22,29,30). The van der Waals surface area contributed by atoms with Crippen LogP contribution in [0, 0.1) is 0 Å². The second-order valence-electron chi connectivity index (χ2n) is 6.59. The lowest BCUT2D eigenvalue weighted by Crippen LogP contribution is -2.34. The van der Waals surface area contributed by atoms with Gasteiger partial charge in [0.2, 0.25) is 10.0 Å². The molecule has 0 bridgehead atoms. The topological polar surface area (TPSA) is 147 Å². The van der Waals surface area contributed by atoms with Crippen LogP contribution in [-0.2, 0) is 10.0 Å². The van der Waals surface area contributed by atoms with Gasteiger partial charge in [0.05, 0.1) is 9.77 Å². The van der Waals surface area contributed by atoms with E-state index in [2.05, 4.69) is 16.0 Å². The first-order valence-electron chi connectivity index (χ1n) is 9.38. The van der Waals surface area contributed by atoms with Gasteiger partial charge in [-0.05, 0) is 60.0 Å². The number of hydrogen-bond acceptors (Lipinski definition) is 6. The number of primary sulfonamides is 1. The Hall–Kier alpha value is -3.54. The highest BCUT2D eigenvalue weighted by Gasteiger charge is 2.11. The number of carbonyl (C=O) groups is 3. The fourth-order valence-corrected chi connectivity index (χ4v) is 3.81. The normalized spacial score (nSPS) is 10.9. The number of thiophene rings is 1. The second kappa shape index (κ2) is 10.2. The molecule has 166 valence electrons. The van der Waals surface area contributed by atoms with E-state index in [-0.39, 0.29) is 28.8 Å². The molecule has 0 fully saturated rings. The smallest absolute Gasteiger partial charge is 0.261 e. The van der Waals surface area contributed by atoms with Gasteiger partial charge in [0, 0.05) is 29.9 Å². The van der Waals surface area contributed by atoms with Crippen LogP contribution in [0.15, 0.2) is 70.9 Å². The van der Waals surface area contributed by atoms with Gasteiger partial charge in [-0.25, -0.2) is 13.6 Å². The molecule has 0 unspecified atom stereocenters. The molecule has 3 amide bonds. The Morgan fingerprint density at radius 1 is 0.781 bits per heavy atom. The highest BCUT2D eigenvalue weighted by Crippen LogP contribution is 2.13. The molecule has 0 atom stereocenters. The van der Waals surface area contributed by atoms with Gasteiger partial charge in [0.15, 0.2) is 0 Å². The number of nitrogens with one attached hydrogen (secondary N) is 3. The summed E-state index contributed by atoms with van der Waals surface area (Å²) in [6, 6.07) is 15.0. The van der Waals surface area contributed by atoms with Crippen molar-refractivity contribution in [2.45, 2.75) is 4.90 Å². The van der Waals surface area contributed by atoms with Gasteiger partial charge >= 0.3 is 0 Å². The molecule has 5 N–H and O–H groups in total. The number of sulfonamides is 1. The van der Waals surface area contributed by atoms with Gasteiger partial charge in [-0.3, -0.25) is 14.4 Å². The Labute approximate surface area is 188 Å². The monoisotopic (exact) mass is 472 g/mol. The summed E-state index contributed by atoms with van der Waals surface area (Å²) in [6.45, 7) is 0.559. The van der Waals surface area contributed by atoms with E-state index in [9.17, 15) is 22.8 Å². The summed E-state index contributed by atoms with van der Waals surface area (Å²) in [5.41, 5.74) is 1.11. The molecule has 3 rings (SSSR count). The number of anilines is 1. The minimum absolute atomic E-state index is 0.0875. The average Bonchev–Trinajstić information content (AvgIpc) is 3.31. The zero-order chi connectivity index (χ0) is 23.1. The van der Waals surface area contributed by atoms with E-state index in [0.717, 1.165) is 0 Å². The van der Waals surface area contributed by atoms with Crippen molar-refractivity contribution in [2.75, 3.05) is 18.4 Å².